The van der Waals surface area contributed by atoms with Crippen molar-refractivity contribution in [2.75, 3.05) is 11.5 Å². The molecule has 0 heterocycles. The maximum Gasteiger partial charge on any atom is 0.398 e. The zero-order chi connectivity index (χ0) is 11.6. The lowest BCUT2D eigenvalue weighted by Gasteiger charge is -2.09. The Labute approximate surface area is 98.7 Å². The van der Waals surface area contributed by atoms with Gasteiger partial charge in [0.1, 0.15) is 0 Å². The fourth-order valence-electron chi connectivity index (χ4n) is 0.871. The van der Waals surface area contributed by atoms with E-state index in [1.165, 1.54) is 12.1 Å². The molecule has 1 aromatic carbocycles. The van der Waals surface area contributed by atoms with E-state index in [0.29, 0.717) is 17.4 Å². The molecule has 15 heavy (non-hydrogen) atoms. The average Bonchev–Trinajstić information content (AvgIpc) is 1.99. The van der Waals surface area contributed by atoms with Gasteiger partial charge in [-0.25, -0.2) is 0 Å². The van der Waals surface area contributed by atoms with Gasteiger partial charge < -0.3 is 5.73 Å². The second kappa shape index (κ2) is 4.72. The molecule has 0 amide bonds. The third kappa shape index (κ3) is 4.01. The number of alkyl halides is 3. The number of anilines is 1. The Morgan fingerprint density at radius 1 is 1.20 bits per heavy atom. The van der Waals surface area contributed by atoms with Gasteiger partial charge in [-0.1, -0.05) is 23.2 Å². The Bertz CT molecular complexity index is 344. The molecule has 0 aliphatic carbocycles. The molecule has 7 heteroatoms. The Kier molecular flexibility index (Phi) is 4.03. The van der Waals surface area contributed by atoms with Crippen LogP contribution in [0.1, 0.15) is 0 Å². The van der Waals surface area contributed by atoms with Gasteiger partial charge in [-0.05, 0) is 12.1 Å². The topological polar surface area (TPSA) is 26.0 Å². The molecule has 0 fully saturated rings. The molecule has 0 saturated heterocycles. The van der Waals surface area contributed by atoms with Gasteiger partial charge in [0.15, 0.2) is 0 Å². The van der Waals surface area contributed by atoms with Crippen LogP contribution in [0.2, 0.25) is 10.0 Å². The first-order chi connectivity index (χ1) is 6.79. The smallest absolute Gasteiger partial charge is 0.398 e. The van der Waals surface area contributed by atoms with Crippen LogP contribution in [0.4, 0.5) is 18.9 Å². The summed E-state index contributed by atoms with van der Waals surface area (Å²) in [5.74, 6) is -1.03. The van der Waals surface area contributed by atoms with Crippen LogP contribution >= 0.6 is 35.0 Å². The Hall–Kier alpha value is -0.260. The normalized spacial score (nSPS) is 11.8. The van der Waals surface area contributed by atoms with Gasteiger partial charge in [0, 0.05) is 10.6 Å². The molecule has 0 bridgehead atoms. The number of thioether (sulfide) groups is 1. The lowest BCUT2D eigenvalue weighted by molar-refractivity contribution is -0.105. The van der Waals surface area contributed by atoms with Crippen LogP contribution < -0.4 is 5.73 Å². The molecule has 2 N–H and O–H groups in total. The second-order valence-corrected chi connectivity index (χ2v) is 4.52. The number of hydrogen-bond donors (Lipinski definition) is 1. The summed E-state index contributed by atoms with van der Waals surface area (Å²) in [5, 5.41) is 0.267. The standard InChI is InChI=1S/C8H6Cl2F3NS/c9-5-1-4(14)2-6(10)7(5)15-3-8(11,12)13/h1-2H,3,14H2. The highest BCUT2D eigenvalue weighted by Gasteiger charge is 2.28. The monoisotopic (exact) mass is 275 g/mol. The zero-order valence-electron chi connectivity index (χ0n) is 7.24. The fraction of sp³-hybridized carbons (Fsp3) is 0.250. The van der Waals surface area contributed by atoms with E-state index in [1.54, 1.807) is 0 Å². The summed E-state index contributed by atoms with van der Waals surface area (Å²) in [6, 6.07) is 2.73. The molecule has 0 spiro atoms. The third-order valence-corrected chi connectivity index (χ3v) is 3.42. The quantitative estimate of drug-likeness (QED) is 0.646. The van der Waals surface area contributed by atoms with Crippen molar-refractivity contribution in [1.29, 1.82) is 0 Å². The molecule has 1 aromatic rings. The maximum absolute atomic E-state index is 12.0. The molecule has 0 aliphatic heterocycles. The number of nitrogen functional groups attached to an aromatic ring is 1. The first-order valence-electron chi connectivity index (χ1n) is 3.73. The maximum atomic E-state index is 12.0. The van der Waals surface area contributed by atoms with Crippen molar-refractivity contribution >= 4 is 40.7 Å². The molecule has 0 unspecified atom stereocenters. The van der Waals surface area contributed by atoms with Crippen molar-refractivity contribution in [1.82, 2.24) is 0 Å². The SMILES string of the molecule is Nc1cc(Cl)c(SCC(F)(F)F)c(Cl)c1. The van der Waals surface area contributed by atoms with E-state index in [9.17, 15) is 13.2 Å². The summed E-state index contributed by atoms with van der Waals surface area (Å²) in [7, 11) is 0. The van der Waals surface area contributed by atoms with Crippen LogP contribution in [-0.4, -0.2) is 11.9 Å². The minimum Gasteiger partial charge on any atom is -0.399 e. The summed E-state index contributed by atoms with van der Waals surface area (Å²) in [4.78, 5) is 0.199. The Morgan fingerprint density at radius 3 is 2.07 bits per heavy atom. The highest BCUT2D eigenvalue weighted by atomic mass is 35.5. The van der Waals surface area contributed by atoms with Crippen molar-refractivity contribution < 1.29 is 13.2 Å². The molecule has 0 aliphatic rings. The summed E-state index contributed by atoms with van der Waals surface area (Å²) in [6.07, 6.45) is -4.25. The van der Waals surface area contributed by atoms with Crippen LogP contribution in [0.3, 0.4) is 0 Å². The summed E-state index contributed by atoms with van der Waals surface area (Å²) >= 11 is 12.0. The van der Waals surface area contributed by atoms with Crippen molar-refractivity contribution in [3.05, 3.63) is 22.2 Å². The van der Waals surface area contributed by atoms with Gasteiger partial charge in [-0.3, -0.25) is 0 Å². The molecule has 0 saturated carbocycles. The minimum atomic E-state index is -4.25. The molecule has 0 aromatic heterocycles. The predicted octanol–water partition coefficient (Wildman–Crippen LogP) is 4.23. The molecule has 1 nitrogen and oxygen atoms in total. The van der Waals surface area contributed by atoms with Crippen molar-refractivity contribution in [2.45, 2.75) is 11.1 Å². The van der Waals surface area contributed by atoms with E-state index in [2.05, 4.69) is 0 Å². The number of halogens is 5. The van der Waals surface area contributed by atoms with E-state index >= 15 is 0 Å². The average molecular weight is 276 g/mol. The van der Waals surface area contributed by atoms with Crippen LogP contribution in [0.5, 0.6) is 0 Å². The summed E-state index contributed by atoms with van der Waals surface area (Å²) < 4.78 is 35.9. The summed E-state index contributed by atoms with van der Waals surface area (Å²) in [5.41, 5.74) is 5.73. The van der Waals surface area contributed by atoms with E-state index in [0.717, 1.165) is 0 Å². The largest absolute Gasteiger partial charge is 0.399 e. The molecular formula is C8H6Cl2F3NS. The number of rotatable bonds is 2. The van der Waals surface area contributed by atoms with E-state index in [-0.39, 0.29) is 14.9 Å². The van der Waals surface area contributed by atoms with E-state index < -0.39 is 11.9 Å². The number of nitrogens with two attached hydrogens (primary N) is 1. The highest BCUT2D eigenvalue weighted by Crippen LogP contribution is 2.38. The molecule has 84 valence electrons. The van der Waals surface area contributed by atoms with Gasteiger partial charge in [-0.2, -0.15) is 13.2 Å². The minimum absolute atomic E-state index is 0.134. The summed E-state index contributed by atoms with van der Waals surface area (Å²) in [6.45, 7) is 0. The van der Waals surface area contributed by atoms with Gasteiger partial charge in [0.2, 0.25) is 0 Å². The first kappa shape index (κ1) is 12.8. The molecule has 1 rings (SSSR count). The lowest BCUT2D eigenvalue weighted by atomic mass is 10.3. The first-order valence-corrected chi connectivity index (χ1v) is 5.48. The van der Waals surface area contributed by atoms with Gasteiger partial charge in [-0.15, -0.1) is 11.8 Å². The van der Waals surface area contributed by atoms with Crippen molar-refractivity contribution in [2.24, 2.45) is 0 Å². The van der Waals surface area contributed by atoms with Crippen LogP contribution in [0.15, 0.2) is 17.0 Å². The van der Waals surface area contributed by atoms with E-state index in [4.69, 9.17) is 28.9 Å². The molecular weight excluding hydrogens is 270 g/mol. The van der Waals surface area contributed by atoms with Crippen LogP contribution in [-0.2, 0) is 0 Å². The predicted molar refractivity (Wildman–Crippen MR) is 57.7 cm³/mol. The van der Waals surface area contributed by atoms with Gasteiger partial charge in [0.25, 0.3) is 0 Å². The number of hydrogen-bond acceptors (Lipinski definition) is 2. The Balaban J connectivity index is 2.86. The lowest BCUT2D eigenvalue weighted by Crippen LogP contribution is -2.10. The fourth-order valence-corrected chi connectivity index (χ4v) is 2.40. The zero-order valence-corrected chi connectivity index (χ0v) is 9.57. The van der Waals surface area contributed by atoms with Gasteiger partial charge >= 0.3 is 6.18 Å². The molecule has 0 radical (unpaired) electrons. The Morgan fingerprint density at radius 2 is 1.67 bits per heavy atom. The number of benzene rings is 1. The van der Waals surface area contributed by atoms with Crippen LogP contribution in [0, 0.1) is 0 Å². The van der Waals surface area contributed by atoms with E-state index in [1.807, 2.05) is 0 Å². The third-order valence-electron chi connectivity index (χ3n) is 1.40. The highest BCUT2D eigenvalue weighted by molar-refractivity contribution is 7.99. The second-order valence-electron chi connectivity index (χ2n) is 2.72. The van der Waals surface area contributed by atoms with Crippen molar-refractivity contribution in [3.8, 4) is 0 Å². The molecule has 0 atom stereocenters. The van der Waals surface area contributed by atoms with Crippen LogP contribution in [0.25, 0.3) is 0 Å². The van der Waals surface area contributed by atoms with Gasteiger partial charge in [0.05, 0.1) is 15.8 Å². The van der Waals surface area contributed by atoms with Crippen molar-refractivity contribution in [3.63, 3.8) is 0 Å².